The van der Waals surface area contributed by atoms with Crippen molar-refractivity contribution in [1.82, 2.24) is 20.2 Å². The van der Waals surface area contributed by atoms with Gasteiger partial charge in [0.25, 0.3) is 5.56 Å². The molecule has 0 atom stereocenters. The number of amides is 3. The van der Waals surface area contributed by atoms with Gasteiger partial charge in [0.05, 0.1) is 17.2 Å². The monoisotopic (exact) mass is 390 g/mol. The third-order valence-corrected chi connectivity index (χ3v) is 4.76. The lowest BCUT2D eigenvalue weighted by molar-refractivity contribution is -0.120. The summed E-state index contributed by atoms with van der Waals surface area (Å²) in [7, 11) is 0. The zero-order valence-electron chi connectivity index (χ0n) is 13.6. The number of thiophene rings is 1. The van der Waals surface area contributed by atoms with Gasteiger partial charge in [-0.25, -0.2) is 9.78 Å². The van der Waals surface area contributed by atoms with Crippen LogP contribution >= 0.6 is 22.9 Å². The van der Waals surface area contributed by atoms with Crippen LogP contribution in [0.3, 0.4) is 0 Å². The van der Waals surface area contributed by atoms with Crippen molar-refractivity contribution in [2.75, 3.05) is 6.54 Å². The summed E-state index contributed by atoms with van der Waals surface area (Å²) in [5, 5.41) is 7.48. The summed E-state index contributed by atoms with van der Waals surface area (Å²) >= 11 is 7.50. The van der Waals surface area contributed by atoms with Crippen molar-refractivity contribution in [1.29, 1.82) is 0 Å². The molecule has 0 fully saturated rings. The van der Waals surface area contributed by atoms with Gasteiger partial charge < -0.3 is 5.32 Å². The highest BCUT2D eigenvalue weighted by molar-refractivity contribution is 7.09. The molecule has 26 heavy (non-hydrogen) atoms. The van der Waals surface area contributed by atoms with Gasteiger partial charge in [-0.05, 0) is 36.1 Å². The van der Waals surface area contributed by atoms with E-state index < -0.39 is 17.5 Å². The minimum Gasteiger partial charge on any atom is -0.337 e. The molecule has 7 nitrogen and oxygen atoms in total. The Morgan fingerprint density at radius 1 is 1.27 bits per heavy atom. The van der Waals surface area contributed by atoms with Crippen LogP contribution in [-0.2, 0) is 17.8 Å². The van der Waals surface area contributed by atoms with Crippen LogP contribution in [0.1, 0.15) is 4.88 Å². The molecule has 134 valence electrons. The number of hydrogen-bond acceptors (Lipinski definition) is 5. The summed E-state index contributed by atoms with van der Waals surface area (Å²) in [5.41, 5.74) is 0.0909. The second-order valence-electron chi connectivity index (χ2n) is 5.47. The minimum absolute atomic E-state index is 0.313. The van der Waals surface area contributed by atoms with E-state index >= 15 is 0 Å². The molecule has 1 aromatic carbocycles. The smallest absolute Gasteiger partial charge is 0.321 e. The average molecular weight is 391 g/mol. The number of nitrogens with one attached hydrogen (secondary N) is 2. The third kappa shape index (κ3) is 4.47. The Bertz CT molecular complexity index is 1000. The Hall–Kier alpha value is -2.71. The predicted molar refractivity (Wildman–Crippen MR) is 101 cm³/mol. The zero-order valence-corrected chi connectivity index (χ0v) is 15.1. The molecule has 9 heteroatoms. The van der Waals surface area contributed by atoms with Crippen LogP contribution in [-0.4, -0.2) is 28.0 Å². The number of nitrogens with zero attached hydrogens (tertiary/aromatic N) is 2. The Morgan fingerprint density at radius 2 is 2.12 bits per heavy atom. The molecule has 3 amide bonds. The van der Waals surface area contributed by atoms with E-state index in [9.17, 15) is 14.4 Å². The molecule has 0 unspecified atom stereocenters. The lowest BCUT2D eigenvalue weighted by Gasteiger charge is -2.08. The normalized spacial score (nSPS) is 10.7. The van der Waals surface area contributed by atoms with Gasteiger partial charge in [0.1, 0.15) is 6.54 Å². The van der Waals surface area contributed by atoms with Crippen molar-refractivity contribution < 1.29 is 9.59 Å². The van der Waals surface area contributed by atoms with E-state index in [0.717, 1.165) is 9.44 Å². The van der Waals surface area contributed by atoms with Gasteiger partial charge in [-0.1, -0.05) is 17.7 Å². The first kappa shape index (κ1) is 18.1. The number of carbonyl (C=O) groups excluding carboxylic acids is 2. The van der Waals surface area contributed by atoms with Crippen molar-refractivity contribution >= 4 is 45.8 Å². The number of imide groups is 1. The van der Waals surface area contributed by atoms with Gasteiger partial charge >= 0.3 is 6.03 Å². The molecule has 2 N–H and O–H groups in total. The number of benzene rings is 1. The molecule has 0 aliphatic carbocycles. The van der Waals surface area contributed by atoms with E-state index in [0.29, 0.717) is 28.9 Å². The number of hydrogen-bond donors (Lipinski definition) is 2. The topological polar surface area (TPSA) is 93.1 Å². The van der Waals surface area contributed by atoms with Crippen LogP contribution in [0.2, 0.25) is 5.02 Å². The van der Waals surface area contributed by atoms with Crippen molar-refractivity contribution in [3.63, 3.8) is 0 Å². The molecule has 2 aromatic heterocycles. The van der Waals surface area contributed by atoms with Crippen molar-refractivity contribution in [3.8, 4) is 0 Å². The van der Waals surface area contributed by atoms with Crippen LogP contribution in [0.15, 0.2) is 46.8 Å². The number of aromatic nitrogens is 2. The average Bonchev–Trinajstić information content (AvgIpc) is 3.11. The SMILES string of the molecule is O=C(Cn1cnc2ccc(Cl)cc2c1=O)NC(=O)NCCc1cccs1. The molecule has 0 aliphatic heterocycles. The summed E-state index contributed by atoms with van der Waals surface area (Å²) in [6.45, 7) is 0.0994. The standard InChI is InChI=1S/C17H15ClN4O3S/c18-11-3-4-14-13(8-11)16(24)22(10-20-14)9-15(23)21-17(25)19-6-5-12-2-1-7-26-12/h1-4,7-8,10H,5-6,9H2,(H2,19,21,23,25). The largest absolute Gasteiger partial charge is 0.337 e. The van der Waals surface area contributed by atoms with E-state index in [2.05, 4.69) is 15.6 Å². The quantitative estimate of drug-likeness (QED) is 0.698. The molecule has 3 rings (SSSR count). The van der Waals surface area contributed by atoms with Gasteiger partial charge in [0, 0.05) is 16.4 Å². The molecule has 0 radical (unpaired) electrons. The number of fused-ring (bicyclic) bond motifs is 1. The highest BCUT2D eigenvalue weighted by Crippen LogP contribution is 2.14. The molecule has 0 spiro atoms. The summed E-state index contributed by atoms with van der Waals surface area (Å²) in [6.07, 6.45) is 1.96. The first-order valence-electron chi connectivity index (χ1n) is 7.78. The first-order valence-corrected chi connectivity index (χ1v) is 9.03. The van der Waals surface area contributed by atoms with Crippen LogP contribution < -0.4 is 16.2 Å². The zero-order chi connectivity index (χ0) is 18.5. The lowest BCUT2D eigenvalue weighted by Crippen LogP contribution is -2.42. The summed E-state index contributed by atoms with van der Waals surface area (Å²) < 4.78 is 1.13. The van der Waals surface area contributed by atoms with Crippen LogP contribution in [0.4, 0.5) is 4.79 Å². The number of rotatable bonds is 5. The van der Waals surface area contributed by atoms with Crippen molar-refractivity contribution in [2.45, 2.75) is 13.0 Å². The van der Waals surface area contributed by atoms with Gasteiger partial charge in [-0.2, -0.15) is 0 Å². The Kier molecular flexibility index (Phi) is 5.65. The van der Waals surface area contributed by atoms with Crippen LogP contribution in [0, 0.1) is 0 Å². The summed E-state index contributed by atoms with van der Waals surface area (Å²) in [4.78, 5) is 41.4. The Morgan fingerprint density at radius 3 is 2.88 bits per heavy atom. The fourth-order valence-electron chi connectivity index (χ4n) is 2.36. The number of carbonyl (C=O) groups is 2. The molecule has 0 bridgehead atoms. The molecule has 0 saturated carbocycles. The minimum atomic E-state index is -0.607. The predicted octanol–water partition coefficient (Wildman–Crippen LogP) is 2.18. The molecular weight excluding hydrogens is 376 g/mol. The lowest BCUT2D eigenvalue weighted by atomic mass is 10.2. The van der Waals surface area contributed by atoms with Crippen molar-refractivity contribution in [3.05, 3.63) is 62.3 Å². The highest BCUT2D eigenvalue weighted by atomic mass is 35.5. The number of urea groups is 1. The molecule has 0 saturated heterocycles. The molecule has 3 aromatic rings. The first-order chi connectivity index (χ1) is 12.5. The maximum absolute atomic E-state index is 12.4. The highest BCUT2D eigenvalue weighted by Gasteiger charge is 2.11. The van der Waals surface area contributed by atoms with E-state index in [1.807, 2.05) is 17.5 Å². The number of halogens is 1. The fourth-order valence-corrected chi connectivity index (χ4v) is 3.24. The van der Waals surface area contributed by atoms with Crippen LogP contribution in [0.25, 0.3) is 10.9 Å². The van der Waals surface area contributed by atoms with E-state index in [-0.39, 0.29) is 6.54 Å². The van der Waals surface area contributed by atoms with Gasteiger partial charge in [0.2, 0.25) is 5.91 Å². The third-order valence-electron chi connectivity index (χ3n) is 3.59. The Balaban J connectivity index is 1.57. The van der Waals surface area contributed by atoms with Crippen molar-refractivity contribution in [2.24, 2.45) is 0 Å². The van der Waals surface area contributed by atoms with E-state index in [1.54, 1.807) is 23.5 Å². The van der Waals surface area contributed by atoms with E-state index in [4.69, 9.17) is 11.6 Å². The van der Waals surface area contributed by atoms with Gasteiger partial charge in [-0.15, -0.1) is 11.3 Å². The fraction of sp³-hybridized carbons (Fsp3) is 0.176. The molecule has 2 heterocycles. The van der Waals surface area contributed by atoms with Gasteiger partial charge in [0.15, 0.2) is 0 Å². The van der Waals surface area contributed by atoms with E-state index in [1.165, 1.54) is 12.4 Å². The maximum Gasteiger partial charge on any atom is 0.321 e. The summed E-state index contributed by atoms with van der Waals surface area (Å²) in [5.74, 6) is -0.607. The maximum atomic E-state index is 12.4. The van der Waals surface area contributed by atoms with Crippen LogP contribution in [0.5, 0.6) is 0 Å². The Labute approximate surface area is 157 Å². The molecule has 0 aliphatic rings. The second-order valence-corrected chi connectivity index (χ2v) is 6.94. The van der Waals surface area contributed by atoms with Gasteiger partial charge in [-0.3, -0.25) is 19.5 Å². The molecular formula is C17H15ClN4O3S. The summed E-state index contributed by atoms with van der Waals surface area (Å²) in [6, 6.07) is 8.07. The second kappa shape index (κ2) is 8.11.